The Balaban J connectivity index is -0.000000143. The van der Waals surface area contributed by atoms with E-state index in [9.17, 15) is 19.8 Å². The summed E-state index contributed by atoms with van der Waals surface area (Å²) in [4.78, 5) is 18.7. The van der Waals surface area contributed by atoms with Crippen molar-refractivity contribution < 1.29 is 47.4 Å². The first-order chi connectivity index (χ1) is 5.29. The monoisotopic (exact) mass is 230 g/mol. The Morgan fingerprint density at radius 2 is 1.08 bits per heavy atom. The molecule has 0 aromatic rings. The Morgan fingerprint density at radius 3 is 1.08 bits per heavy atom. The molecule has 0 saturated carbocycles. The van der Waals surface area contributed by atoms with Crippen molar-refractivity contribution in [2.75, 3.05) is 0 Å². The maximum atomic E-state index is 9.34. The molecular weight excluding hydrogens is 220 g/mol. The third-order valence-corrected chi connectivity index (χ3v) is 0.682. The van der Waals surface area contributed by atoms with Gasteiger partial charge in [-0.05, 0) is 13.8 Å². The van der Waals surface area contributed by atoms with Crippen LogP contribution in [-0.4, -0.2) is 34.4 Å². The van der Waals surface area contributed by atoms with Gasteiger partial charge < -0.3 is 30.0 Å². The number of aliphatic carboxylic acids is 2. The molecule has 0 unspecified atom stereocenters. The van der Waals surface area contributed by atoms with Gasteiger partial charge in [-0.2, -0.15) is 0 Å². The predicted octanol–water partition coefficient (Wildman–Crippen LogP) is -3.77. The summed E-state index contributed by atoms with van der Waals surface area (Å²) in [6.45, 7) is 2.27. The molecule has 0 radical (unpaired) electrons. The van der Waals surface area contributed by atoms with E-state index in [0.717, 1.165) is 13.8 Å². The average Bonchev–Trinajstić information content (AvgIpc) is 1.88. The SMILES string of the molecule is C[C@H](O)C(=O)[O-].C[C@H](O)C(=O)[O-].[Cr+2]. The van der Waals surface area contributed by atoms with Crippen molar-refractivity contribution in [2.24, 2.45) is 0 Å². The van der Waals surface area contributed by atoms with Gasteiger partial charge in [0.2, 0.25) is 0 Å². The van der Waals surface area contributed by atoms with Crippen LogP contribution in [0.5, 0.6) is 0 Å². The van der Waals surface area contributed by atoms with E-state index in [4.69, 9.17) is 10.2 Å². The average molecular weight is 230 g/mol. The van der Waals surface area contributed by atoms with Gasteiger partial charge in [0.1, 0.15) is 0 Å². The summed E-state index contributed by atoms with van der Waals surface area (Å²) in [5.41, 5.74) is 0. The molecule has 0 amide bonds. The summed E-state index contributed by atoms with van der Waals surface area (Å²) in [5, 5.41) is 34.6. The Labute approximate surface area is 85.9 Å². The molecule has 0 aliphatic rings. The number of carboxylic acids is 2. The fourth-order valence-corrected chi connectivity index (χ4v) is 0. The minimum atomic E-state index is -1.44. The van der Waals surface area contributed by atoms with E-state index in [1.54, 1.807) is 0 Å². The number of rotatable bonds is 2. The van der Waals surface area contributed by atoms with Crippen LogP contribution in [-0.2, 0) is 27.0 Å². The largest absolute Gasteiger partial charge is 2.00 e. The van der Waals surface area contributed by atoms with Crippen molar-refractivity contribution in [1.82, 2.24) is 0 Å². The molecule has 2 atom stereocenters. The summed E-state index contributed by atoms with van der Waals surface area (Å²) in [5.74, 6) is -2.87. The molecule has 0 aliphatic carbocycles. The summed E-state index contributed by atoms with van der Waals surface area (Å²) < 4.78 is 0. The second-order valence-electron chi connectivity index (χ2n) is 1.99. The van der Waals surface area contributed by atoms with E-state index in [-0.39, 0.29) is 17.4 Å². The van der Waals surface area contributed by atoms with E-state index in [0.29, 0.717) is 0 Å². The van der Waals surface area contributed by atoms with Gasteiger partial charge in [-0.1, -0.05) is 0 Å². The van der Waals surface area contributed by atoms with Gasteiger partial charge in [-0.15, -0.1) is 0 Å². The van der Waals surface area contributed by atoms with E-state index in [1.807, 2.05) is 0 Å². The smallest absolute Gasteiger partial charge is 0.547 e. The molecule has 0 spiro atoms. The van der Waals surface area contributed by atoms with Gasteiger partial charge >= 0.3 is 17.4 Å². The van der Waals surface area contributed by atoms with Crippen molar-refractivity contribution in [3.05, 3.63) is 0 Å². The van der Waals surface area contributed by atoms with Crippen LogP contribution in [0.1, 0.15) is 13.8 Å². The standard InChI is InChI=1S/2C3H6O3.Cr/c2*1-2(4)3(5)6;/h2*2,4H,1H3,(H,5,6);/q;;+2/p-2/t2*2-;/m00./s1. The topological polar surface area (TPSA) is 121 Å². The Bertz CT molecular complexity index is 137. The fraction of sp³-hybridized carbons (Fsp3) is 0.667. The molecule has 7 heteroatoms. The second-order valence-corrected chi connectivity index (χ2v) is 1.99. The van der Waals surface area contributed by atoms with Crippen LogP contribution in [0, 0.1) is 0 Å². The van der Waals surface area contributed by atoms with E-state index >= 15 is 0 Å². The van der Waals surface area contributed by atoms with Gasteiger partial charge in [0.25, 0.3) is 0 Å². The maximum Gasteiger partial charge on any atom is 2.00 e. The van der Waals surface area contributed by atoms with Crippen LogP contribution in [0.2, 0.25) is 0 Å². The minimum absolute atomic E-state index is 0. The van der Waals surface area contributed by atoms with Crippen LogP contribution in [0.4, 0.5) is 0 Å². The quantitative estimate of drug-likeness (QED) is 0.502. The molecule has 0 heterocycles. The van der Waals surface area contributed by atoms with Crippen LogP contribution in [0.15, 0.2) is 0 Å². The van der Waals surface area contributed by atoms with Crippen molar-refractivity contribution >= 4 is 11.9 Å². The Morgan fingerprint density at radius 1 is 1.00 bits per heavy atom. The second kappa shape index (κ2) is 9.48. The maximum absolute atomic E-state index is 9.34. The van der Waals surface area contributed by atoms with Gasteiger partial charge in [-0.3, -0.25) is 0 Å². The van der Waals surface area contributed by atoms with E-state index in [2.05, 4.69) is 0 Å². The zero-order valence-electron chi connectivity index (χ0n) is 7.09. The van der Waals surface area contributed by atoms with Gasteiger partial charge in [0.15, 0.2) is 0 Å². The summed E-state index contributed by atoms with van der Waals surface area (Å²) in [6, 6.07) is 0. The van der Waals surface area contributed by atoms with E-state index < -0.39 is 24.1 Å². The predicted molar refractivity (Wildman–Crippen MR) is 33.4 cm³/mol. The number of hydrogen-bond acceptors (Lipinski definition) is 6. The first-order valence-corrected chi connectivity index (χ1v) is 3.06. The third-order valence-electron chi connectivity index (χ3n) is 0.682. The Hall–Kier alpha value is -0.608. The van der Waals surface area contributed by atoms with Gasteiger partial charge in [-0.25, -0.2) is 0 Å². The minimum Gasteiger partial charge on any atom is -0.547 e. The molecule has 0 aromatic heterocycles. The molecular formula is C6H10CrO6. The molecule has 0 rings (SSSR count). The molecule has 13 heavy (non-hydrogen) atoms. The fourth-order valence-electron chi connectivity index (χ4n) is 0. The van der Waals surface area contributed by atoms with Crippen molar-refractivity contribution in [3.63, 3.8) is 0 Å². The number of aliphatic hydroxyl groups excluding tert-OH is 2. The molecule has 0 bridgehead atoms. The number of carboxylic acid groups (broad SMARTS) is 2. The number of carbonyl (C=O) groups excluding carboxylic acids is 2. The summed E-state index contributed by atoms with van der Waals surface area (Å²) in [7, 11) is 0. The van der Waals surface area contributed by atoms with Crippen molar-refractivity contribution in [1.29, 1.82) is 0 Å². The normalized spacial score (nSPS) is 12.6. The van der Waals surface area contributed by atoms with Crippen LogP contribution in [0.3, 0.4) is 0 Å². The number of aliphatic hydroxyl groups is 2. The van der Waals surface area contributed by atoms with Crippen molar-refractivity contribution in [2.45, 2.75) is 26.1 Å². The van der Waals surface area contributed by atoms with Crippen LogP contribution in [0.25, 0.3) is 0 Å². The zero-order valence-corrected chi connectivity index (χ0v) is 8.37. The Kier molecular flexibility index (Phi) is 13.3. The first-order valence-electron chi connectivity index (χ1n) is 3.06. The zero-order chi connectivity index (χ0) is 10.3. The molecule has 0 fully saturated rings. The van der Waals surface area contributed by atoms with Gasteiger partial charge in [0.05, 0.1) is 24.1 Å². The molecule has 2 N–H and O–H groups in total. The molecule has 0 saturated heterocycles. The number of hydrogen-bond donors (Lipinski definition) is 2. The molecule has 6 nitrogen and oxygen atoms in total. The third kappa shape index (κ3) is 18.4. The number of carbonyl (C=O) groups is 2. The molecule has 0 aromatic carbocycles. The summed E-state index contributed by atoms with van der Waals surface area (Å²) in [6.07, 6.45) is -2.69. The van der Waals surface area contributed by atoms with E-state index in [1.165, 1.54) is 0 Å². The summed E-state index contributed by atoms with van der Waals surface area (Å²) >= 11 is 0. The molecule has 76 valence electrons. The van der Waals surface area contributed by atoms with Gasteiger partial charge in [0, 0.05) is 0 Å². The van der Waals surface area contributed by atoms with Crippen LogP contribution < -0.4 is 10.2 Å². The molecule has 0 aliphatic heterocycles. The first kappa shape index (κ1) is 18.2. The van der Waals surface area contributed by atoms with Crippen LogP contribution >= 0.6 is 0 Å². The van der Waals surface area contributed by atoms with Crippen molar-refractivity contribution in [3.8, 4) is 0 Å².